The molecule has 6 heteroatoms. The molecule has 5 nitrogen and oxygen atoms in total. The van der Waals surface area contributed by atoms with Gasteiger partial charge in [0.1, 0.15) is 0 Å². The summed E-state index contributed by atoms with van der Waals surface area (Å²) >= 11 is 0. The van der Waals surface area contributed by atoms with E-state index in [1.807, 2.05) is 6.92 Å². The highest BCUT2D eigenvalue weighted by atomic mass is 32.2. The summed E-state index contributed by atoms with van der Waals surface area (Å²) in [7, 11) is -4.27. The molecule has 14 heavy (non-hydrogen) atoms. The summed E-state index contributed by atoms with van der Waals surface area (Å²) in [5.41, 5.74) is 0. The molecule has 1 amide bonds. The Morgan fingerprint density at radius 1 is 1.50 bits per heavy atom. The Kier molecular flexibility index (Phi) is 4.08. The van der Waals surface area contributed by atoms with Gasteiger partial charge in [-0.3, -0.25) is 9.35 Å². The molecule has 0 aliphatic rings. The Hall–Kier alpha value is -0.620. The van der Waals surface area contributed by atoms with E-state index in [0.717, 1.165) is 0 Å². The molecule has 0 aromatic carbocycles. The molecule has 0 saturated carbocycles. The minimum atomic E-state index is -4.27. The van der Waals surface area contributed by atoms with E-state index in [9.17, 15) is 13.2 Å². The summed E-state index contributed by atoms with van der Waals surface area (Å²) < 4.78 is 30.5. The van der Waals surface area contributed by atoms with Gasteiger partial charge in [0, 0.05) is 5.92 Å². The molecule has 0 bridgehead atoms. The maximum absolute atomic E-state index is 11.3. The van der Waals surface area contributed by atoms with Crippen molar-refractivity contribution in [3.8, 4) is 0 Å². The van der Waals surface area contributed by atoms with Gasteiger partial charge >= 0.3 is 0 Å². The minimum Gasteiger partial charge on any atom is -0.335 e. The zero-order valence-electron chi connectivity index (χ0n) is 8.86. The highest BCUT2D eigenvalue weighted by molar-refractivity contribution is 7.87. The summed E-state index contributed by atoms with van der Waals surface area (Å²) in [6.07, 6.45) is 0.618. The van der Waals surface area contributed by atoms with Crippen LogP contribution in [0.1, 0.15) is 34.1 Å². The average molecular weight is 223 g/mol. The molecular formula is C8H17NO4S. The number of rotatable bonds is 4. The summed E-state index contributed by atoms with van der Waals surface area (Å²) in [6, 6.07) is 0. The second-order valence-corrected chi connectivity index (χ2v) is 5.75. The molecule has 1 unspecified atom stereocenters. The van der Waals surface area contributed by atoms with Crippen LogP contribution in [0.4, 0.5) is 0 Å². The van der Waals surface area contributed by atoms with Gasteiger partial charge in [0.05, 0.1) is 0 Å². The lowest BCUT2D eigenvalue weighted by molar-refractivity contribution is -0.125. The maximum atomic E-state index is 11.3. The standard InChI is InChI=1S/C8H17NO4S/c1-5-6(2)7(10)9-8(3,4)14(11,12)13/h6H,5H2,1-4H3,(H,9,10)(H,11,12,13). The van der Waals surface area contributed by atoms with Gasteiger partial charge in [0.15, 0.2) is 4.87 Å². The quantitative estimate of drug-likeness (QED) is 0.690. The van der Waals surface area contributed by atoms with Crippen molar-refractivity contribution in [2.45, 2.75) is 39.0 Å². The smallest absolute Gasteiger partial charge is 0.288 e. The van der Waals surface area contributed by atoms with Crippen molar-refractivity contribution < 1.29 is 17.8 Å². The number of nitrogens with one attached hydrogen (secondary N) is 1. The van der Waals surface area contributed by atoms with Crippen LogP contribution in [0.5, 0.6) is 0 Å². The van der Waals surface area contributed by atoms with E-state index in [1.54, 1.807) is 6.92 Å². The molecule has 0 heterocycles. The average Bonchev–Trinajstić information content (AvgIpc) is 2.00. The third-order valence-electron chi connectivity index (χ3n) is 2.13. The Bertz CT molecular complexity index is 307. The van der Waals surface area contributed by atoms with Gasteiger partial charge in [-0.2, -0.15) is 8.42 Å². The van der Waals surface area contributed by atoms with Crippen LogP contribution in [0, 0.1) is 5.92 Å². The van der Waals surface area contributed by atoms with Crippen LogP contribution < -0.4 is 5.32 Å². The van der Waals surface area contributed by atoms with Gasteiger partial charge in [-0.15, -0.1) is 0 Å². The van der Waals surface area contributed by atoms with Crippen LogP contribution in [0.2, 0.25) is 0 Å². The topological polar surface area (TPSA) is 83.5 Å². The fraction of sp³-hybridized carbons (Fsp3) is 0.875. The number of hydrogen-bond acceptors (Lipinski definition) is 3. The van der Waals surface area contributed by atoms with Crippen molar-refractivity contribution in [3.63, 3.8) is 0 Å². The first-order valence-electron chi connectivity index (χ1n) is 4.41. The molecule has 0 aromatic heterocycles. The van der Waals surface area contributed by atoms with Crippen LogP contribution in [-0.4, -0.2) is 23.7 Å². The predicted molar refractivity (Wildman–Crippen MR) is 53.2 cm³/mol. The van der Waals surface area contributed by atoms with Crippen molar-refractivity contribution in [3.05, 3.63) is 0 Å². The zero-order chi connectivity index (χ0) is 11.6. The molecule has 0 radical (unpaired) electrons. The summed E-state index contributed by atoms with van der Waals surface area (Å²) in [5, 5.41) is 2.27. The van der Waals surface area contributed by atoms with Crippen LogP contribution in [0.25, 0.3) is 0 Å². The van der Waals surface area contributed by atoms with E-state index >= 15 is 0 Å². The van der Waals surface area contributed by atoms with Crippen molar-refractivity contribution in [2.24, 2.45) is 5.92 Å². The fourth-order valence-electron chi connectivity index (χ4n) is 0.670. The van der Waals surface area contributed by atoms with Crippen molar-refractivity contribution in [1.82, 2.24) is 5.32 Å². The van der Waals surface area contributed by atoms with Crippen molar-refractivity contribution in [1.29, 1.82) is 0 Å². The lowest BCUT2D eigenvalue weighted by atomic mass is 10.1. The van der Waals surface area contributed by atoms with Crippen LogP contribution >= 0.6 is 0 Å². The second kappa shape index (κ2) is 4.27. The summed E-state index contributed by atoms with van der Waals surface area (Å²) in [4.78, 5) is 9.72. The highest BCUT2D eigenvalue weighted by Crippen LogP contribution is 2.12. The lowest BCUT2D eigenvalue weighted by Crippen LogP contribution is -2.50. The van der Waals surface area contributed by atoms with Gasteiger partial charge in [-0.05, 0) is 20.3 Å². The van der Waals surface area contributed by atoms with Gasteiger partial charge in [0.2, 0.25) is 5.91 Å². The fourth-order valence-corrected chi connectivity index (χ4v) is 0.899. The Labute approximate surface area is 84.6 Å². The molecule has 0 aromatic rings. The third kappa shape index (κ3) is 3.26. The molecular weight excluding hydrogens is 206 g/mol. The molecule has 0 aliphatic heterocycles. The van der Waals surface area contributed by atoms with Crippen LogP contribution in [0.15, 0.2) is 0 Å². The Morgan fingerprint density at radius 3 is 2.21 bits per heavy atom. The van der Waals surface area contributed by atoms with Crippen LogP contribution in [0.3, 0.4) is 0 Å². The second-order valence-electron chi connectivity index (χ2n) is 3.78. The maximum Gasteiger partial charge on any atom is 0.288 e. The Balaban J connectivity index is 4.62. The first-order valence-corrected chi connectivity index (χ1v) is 5.85. The molecule has 1 atom stereocenters. The van der Waals surface area contributed by atoms with Gasteiger partial charge < -0.3 is 5.32 Å². The number of carbonyl (C=O) groups excluding carboxylic acids is 1. The number of hydrogen-bond donors (Lipinski definition) is 2. The molecule has 0 rings (SSSR count). The van der Waals surface area contributed by atoms with Gasteiger partial charge in [-0.25, -0.2) is 0 Å². The van der Waals surface area contributed by atoms with E-state index < -0.39 is 15.0 Å². The molecule has 0 aliphatic carbocycles. The molecule has 84 valence electrons. The first-order chi connectivity index (χ1) is 6.12. The van der Waals surface area contributed by atoms with E-state index in [-0.39, 0.29) is 11.8 Å². The predicted octanol–water partition coefficient (Wildman–Crippen LogP) is 0.773. The first kappa shape index (κ1) is 13.4. The summed E-state index contributed by atoms with van der Waals surface area (Å²) in [6.45, 7) is 5.99. The lowest BCUT2D eigenvalue weighted by Gasteiger charge is -2.24. The third-order valence-corrected chi connectivity index (χ3v) is 3.52. The van der Waals surface area contributed by atoms with E-state index in [1.165, 1.54) is 13.8 Å². The molecule has 0 spiro atoms. The highest BCUT2D eigenvalue weighted by Gasteiger charge is 2.34. The summed E-state index contributed by atoms with van der Waals surface area (Å²) in [5.74, 6) is -0.647. The van der Waals surface area contributed by atoms with Crippen molar-refractivity contribution >= 4 is 16.0 Å². The zero-order valence-corrected chi connectivity index (χ0v) is 9.68. The number of carbonyl (C=O) groups is 1. The number of amides is 1. The normalized spacial score (nSPS) is 14.9. The molecule has 0 saturated heterocycles. The van der Waals surface area contributed by atoms with E-state index in [2.05, 4.69) is 5.32 Å². The SMILES string of the molecule is CCC(C)C(=O)NC(C)(C)S(=O)(=O)O. The van der Waals surface area contributed by atoms with Gasteiger partial charge in [0.25, 0.3) is 10.1 Å². The van der Waals surface area contributed by atoms with Gasteiger partial charge in [-0.1, -0.05) is 13.8 Å². The van der Waals surface area contributed by atoms with Crippen LogP contribution in [-0.2, 0) is 14.9 Å². The van der Waals surface area contributed by atoms with E-state index in [4.69, 9.17) is 4.55 Å². The van der Waals surface area contributed by atoms with E-state index in [0.29, 0.717) is 6.42 Å². The Morgan fingerprint density at radius 2 is 1.93 bits per heavy atom. The largest absolute Gasteiger partial charge is 0.335 e. The van der Waals surface area contributed by atoms with Crippen molar-refractivity contribution in [2.75, 3.05) is 0 Å². The minimum absolute atomic E-state index is 0.268. The molecule has 0 fully saturated rings. The molecule has 2 N–H and O–H groups in total. The monoisotopic (exact) mass is 223 g/mol.